The smallest absolute Gasteiger partial charge is 0.313 e. The molecule has 180 valence electrons. The number of benzene rings is 1. The number of esters is 1. The monoisotopic (exact) mass is 492 g/mol. The van der Waals surface area contributed by atoms with E-state index in [-0.39, 0.29) is 17.0 Å². The Bertz CT molecular complexity index is 1050. The summed E-state index contributed by atoms with van der Waals surface area (Å²) in [4.78, 5) is 16.5. The molecule has 7 nitrogen and oxygen atoms in total. The van der Waals surface area contributed by atoms with Crippen molar-refractivity contribution in [2.24, 2.45) is 5.92 Å². The fourth-order valence-corrected chi connectivity index (χ4v) is 4.93. The maximum atomic E-state index is 13.1. The summed E-state index contributed by atoms with van der Waals surface area (Å²) >= 11 is 1.16. The summed E-state index contributed by atoms with van der Waals surface area (Å²) in [6, 6.07) is 9.69. The van der Waals surface area contributed by atoms with Gasteiger partial charge in [0.2, 0.25) is 10.0 Å². The number of nitrogens with one attached hydrogen (secondary N) is 1. The minimum atomic E-state index is -3.95. The maximum Gasteiger partial charge on any atom is 0.313 e. The molecule has 0 bridgehead atoms. The summed E-state index contributed by atoms with van der Waals surface area (Å²) in [7, 11) is -3.95. The first kappa shape index (κ1) is 26.8. The molecule has 9 heteroatoms. The number of anilines is 1. The van der Waals surface area contributed by atoms with Gasteiger partial charge in [0.05, 0.1) is 18.1 Å². The zero-order chi connectivity index (χ0) is 24.6. The minimum Gasteiger partial charge on any atom is -0.429 e. The molecule has 0 spiro atoms. The highest BCUT2D eigenvalue weighted by atomic mass is 32.2. The molecule has 0 aliphatic heterocycles. The van der Waals surface area contributed by atoms with Crippen LogP contribution in [0.1, 0.15) is 52.7 Å². The first-order valence-electron chi connectivity index (χ1n) is 10.7. The van der Waals surface area contributed by atoms with Crippen molar-refractivity contribution in [1.82, 2.24) is 4.98 Å². The summed E-state index contributed by atoms with van der Waals surface area (Å²) < 4.78 is 40.6. The molecule has 3 atom stereocenters. The van der Waals surface area contributed by atoms with Gasteiger partial charge in [-0.25, -0.2) is 13.4 Å². The molecule has 1 aromatic carbocycles. The first-order valence-corrected chi connectivity index (χ1v) is 13.1. The van der Waals surface area contributed by atoms with Gasteiger partial charge in [-0.05, 0) is 38.3 Å². The van der Waals surface area contributed by atoms with Crippen molar-refractivity contribution in [3.63, 3.8) is 0 Å². The van der Waals surface area contributed by atoms with Crippen LogP contribution in [0.4, 0.5) is 5.13 Å². The zero-order valence-electron chi connectivity index (χ0n) is 19.6. The van der Waals surface area contributed by atoms with Crippen molar-refractivity contribution >= 4 is 32.5 Å². The Morgan fingerprint density at radius 2 is 1.88 bits per heavy atom. The van der Waals surface area contributed by atoms with Gasteiger partial charge in [0, 0.05) is 11.6 Å². The fourth-order valence-electron chi connectivity index (χ4n) is 3.03. The second-order valence-corrected chi connectivity index (χ2v) is 10.8. The van der Waals surface area contributed by atoms with E-state index >= 15 is 0 Å². The molecule has 0 fully saturated rings. The Morgan fingerprint density at radius 3 is 2.42 bits per heavy atom. The molecular weight excluding hydrogens is 460 g/mol. The Morgan fingerprint density at radius 1 is 1.21 bits per heavy atom. The number of hydrogen-bond acceptors (Lipinski definition) is 7. The second kappa shape index (κ2) is 12.1. The SMILES string of the molecule is C=CC[C@@H](O[C@H](C)c1ccccc1)/C(C)=C(/OC(=O)C(C)C)[C@H](C)S(=O)(=O)Nc1nccs1. The molecular formula is C24H32N2O5S2. The van der Waals surface area contributed by atoms with Gasteiger partial charge in [-0.3, -0.25) is 9.52 Å². The molecule has 0 aliphatic rings. The lowest BCUT2D eigenvalue weighted by molar-refractivity contribution is -0.143. The molecule has 1 N–H and O–H groups in total. The van der Waals surface area contributed by atoms with E-state index < -0.39 is 33.3 Å². The highest BCUT2D eigenvalue weighted by Crippen LogP contribution is 2.29. The molecule has 1 heterocycles. The van der Waals surface area contributed by atoms with Gasteiger partial charge in [0.25, 0.3) is 0 Å². The largest absolute Gasteiger partial charge is 0.429 e. The van der Waals surface area contributed by atoms with Gasteiger partial charge >= 0.3 is 5.97 Å². The normalized spacial score (nSPS) is 15.3. The van der Waals surface area contributed by atoms with E-state index in [0.717, 1.165) is 16.9 Å². The van der Waals surface area contributed by atoms with Crippen molar-refractivity contribution < 1.29 is 22.7 Å². The topological polar surface area (TPSA) is 94.6 Å². The predicted octanol–water partition coefficient (Wildman–Crippen LogP) is 5.47. The van der Waals surface area contributed by atoms with E-state index in [4.69, 9.17) is 9.47 Å². The van der Waals surface area contributed by atoms with E-state index in [9.17, 15) is 13.2 Å². The van der Waals surface area contributed by atoms with Crippen LogP contribution in [-0.4, -0.2) is 30.7 Å². The third-order valence-electron chi connectivity index (χ3n) is 5.07. The lowest BCUT2D eigenvalue weighted by atomic mass is 10.0. The lowest BCUT2D eigenvalue weighted by Crippen LogP contribution is -2.32. The molecule has 0 radical (unpaired) electrons. The summed E-state index contributed by atoms with van der Waals surface area (Å²) in [5.74, 6) is -0.907. The molecule has 0 saturated heterocycles. The standard InChI is InChI=1S/C24H32N2O5S2/c1-7-11-21(30-18(5)20-12-9-8-10-13-20)17(4)22(31-23(27)16(2)3)19(6)33(28,29)26-24-25-14-15-32-24/h7-10,12-16,18-19,21H,1,11H2,2-6H3,(H,25,26)/b22-17+/t18-,19+,21-/m1/s1. The molecule has 0 saturated carbocycles. The second-order valence-electron chi connectivity index (χ2n) is 7.95. The van der Waals surface area contributed by atoms with E-state index in [1.807, 2.05) is 37.3 Å². The molecule has 33 heavy (non-hydrogen) atoms. The maximum absolute atomic E-state index is 13.1. The van der Waals surface area contributed by atoms with E-state index in [1.165, 1.54) is 13.1 Å². The summed E-state index contributed by atoms with van der Waals surface area (Å²) in [5, 5.41) is 0.750. The lowest BCUT2D eigenvalue weighted by Gasteiger charge is -2.27. The molecule has 2 aromatic rings. The number of carbonyl (C=O) groups excluding carboxylic acids is 1. The van der Waals surface area contributed by atoms with Crippen LogP contribution in [0.25, 0.3) is 0 Å². The van der Waals surface area contributed by atoms with Crippen molar-refractivity contribution in [3.05, 3.63) is 71.5 Å². The molecule has 1 aromatic heterocycles. The highest BCUT2D eigenvalue weighted by Gasteiger charge is 2.33. The Labute approximate surface area is 200 Å². The number of rotatable bonds is 12. The van der Waals surface area contributed by atoms with Crippen molar-refractivity contribution in [3.8, 4) is 0 Å². The van der Waals surface area contributed by atoms with Gasteiger partial charge in [0.15, 0.2) is 5.13 Å². The minimum absolute atomic E-state index is 0.0462. The van der Waals surface area contributed by atoms with Crippen LogP contribution in [0.15, 0.2) is 65.9 Å². The molecule has 2 rings (SSSR count). The van der Waals surface area contributed by atoms with E-state index in [0.29, 0.717) is 12.0 Å². The van der Waals surface area contributed by atoms with Gasteiger partial charge in [0.1, 0.15) is 11.0 Å². The number of sulfonamides is 1. The Hall–Kier alpha value is -2.49. The summed E-state index contributed by atoms with van der Waals surface area (Å²) in [6.45, 7) is 12.3. The highest BCUT2D eigenvalue weighted by molar-refractivity contribution is 7.93. The molecule has 0 amide bonds. The van der Waals surface area contributed by atoms with Gasteiger partial charge < -0.3 is 9.47 Å². The average molecular weight is 493 g/mol. The van der Waals surface area contributed by atoms with Crippen molar-refractivity contribution in [2.45, 2.75) is 58.5 Å². The van der Waals surface area contributed by atoms with Crippen LogP contribution >= 0.6 is 11.3 Å². The third kappa shape index (κ3) is 7.52. The van der Waals surface area contributed by atoms with Crippen LogP contribution in [0.3, 0.4) is 0 Å². The third-order valence-corrected chi connectivity index (χ3v) is 7.51. The number of hydrogen-bond donors (Lipinski definition) is 1. The van der Waals surface area contributed by atoms with Gasteiger partial charge in [-0.1, -0.05) is 50.3 Å². The summed E-state index contributed by atoms with van der Waals surface area (Å²) in [6.07, 6.45) is 2.81. The van der Waals surface area contributed by atoms with Crippen LogP contribution in [0.5, 0.6) is 0 Å². The quantitative estimate of drug-likeness (QED) is 0.240. The van der Waals surface area contributed by atoms with E-state index in [2.05, 4.69) is 16.3 Å². The van der Waals surface area contributed by atoms with Crippen LogP contribution < -0.4 is 4.72 Å². The van der Waals surface area contributed by atoms with Crippen LogP contribution in [0.2, 0.25) is 0 Å². The molecule has 0 aliphatic carbocycles. The number of thiazole rings is 1. The van der Waals surface area contributed by atoms with Crippen molar-refractivity contribution in [1.29, 1.82) is 0 Å². The van der Waals surface area contributed by atoms with Crippen molar-refractivity contribution in [2.75, 3.05) is 4.72 Å². The average Bonchev–Trinajstić information content (AvgIpc) is 3.28. The fraction of sp³-hybridized carbons (Fsp3) is 0.417. The van der Waals surface area contributed by atoms with Gasteiger partial charge in [-0.2, -0.15) is 0 Å². The number of nitrogens with zero attached hydrogens (tertiary/aromatic N) is 1. The number of ether oxygens (including phenoxy) is 2. The molecule has 0 unspecified atom stereocenters. The number of carbonyl (C=O) groups is 1. The first-order chi connectivity index (χ1) is 15.6. The van der Waals surface area contributed by atoms with Gasteiger partial charge in [-0.15, -0.1) is 17.9 Å². The Kier molecular flexibility index (Phi) is 9.82. The van der Waals surface area contributed by atoms with Crippen LogP contribution in [0, 0.1) is 5.92 Å². The summed E-state index contributed by atoms with van der Waals surface area (Å²) in [5.41, 5.74) is 1.50. The van der Waals surface area contributed by atoms with Crippen LogP contribution in [-0.2, 0) is 24.3 Å². The number of aromatic nitrogens is 1. The predicted molar refractivity (Wildman–Crippen MR) is 132 cm³/mol. The Balaban J connectivity index is 2.44. The zero-order valence-corrected chi connectivity index (χ0v) is 21.3. The van der Waals surface area contributed by atoms with E-state index in [1.54, 1.807) is 32.2 Å².